The van der Waals surface area contributed by atoms with Crippen molar-refractivity contribution in [3.05, 3.63) is 34.3 Å². The van der Waals surface area contributed by atoms with E-state index in [1.807, 2.05) is 0 Å². The van der Waals surface area contributed by atoms with Gasteiger partial charge in [-0.2, -0.15) is 0 Å². The summed E-state index contributed by atoms with van der Waals surface area (Å²) in [5, 5.41) is 0. The number of ether oxygens (including phenoxy) is 1. The SMILES string of the molecule is O=CC=Cc1ccc(OC(F)(F)F)cc1Br. The number of rotatable bonds is 3. The molecule has 1 rings (SSSR count). The van der Waals surface area contributed by atoms with Gasteiger partial charge < -0.3 is 4.74 Å². The van der Waals surface area contributed by atoms with E-state index in [0.29, 0.717) is 16.3 Å². The zero-order chi connectivity index (χ0) is 12.2. The quantitative estimate of drug-likeness (QED) is 0.629. The molecule has 0 aliphatic rings. The van der Waals surface area contributed by atoms with Gasteiger partial charge in [0.05, 0.1) is 0 Å². The molecule has 0 heterocycles. The van der Waals surface area contributed by atoms with Gasteiger partial charge in [0, 0.05) is 4.47 Å². The lowest BCUT2D eigenvalue weighted by Gasteiger charge is -2.09. The number of benzene rings is 1. The first-order chi connectivity index (χ1) is 7.42. The maximum Gasteiger partial charge on any atom is 0.573 e. The molecule has 0 saturated carbocycles. The molecule has 0 unspecified atom stereocenters. The Balaban J connectivity index is 2.91. The highest BCUT2D eigenvalue weighted by molar-refractivity contribution is 9.10. The highest BCUT2D eigenvalue weighted by Crippen LogP contribution is 2.28. The third-order valence-corrected chi connectivity index (χ3v) is 2.25. The molecule has 0 fully saturated rings. The fourth-order valence-electron chi connectivity index (χ4n) is 0.983. The van der Waals surface area contributed by atoms with Gasteiger partial charge in [-0.05, 0) is 23.8 Å². The van der Waals surface area contributed by atoms with E-state index < -0.39 is 6.36 Å². The summed E-state index contributed by atoms with van der Waals surface area (Å²) in [4.78, 5) is 10.1. The molecule has 0 radical (unpaired) electrons. The minimum Gasteiger partial charge on any atom is -0.406 e. The van der Waals surface area contributed by atoms with Crippen molar-refractivity contribution in [2.75, 3.05) is 0 Å². The van der Waals surface area contributed by atoms with Crippen LogP contribution in [0.1, 0.15) is 5.56 Å². The average molecular weight is 295 g/mol. The number of alkyl halides is 3. The molecule has 0 bridgehead atoms. The smallest absolute Gasteiger partial charge is 0.406 e. The van der Waals surface area contributed by atoms with Crippen molar-refractivity contribution in [2.24, 2.45) is 0 Å². The molecule has 1 aromatic carbocycles. The van der Waals surface area contributed by atoms with Crippen LogP contribution in [-0.4, -0.2) is 12.6 Å². The lowest BCUT2D eigenvalue weighted by Crippen LogP contribution is -2.17. The van der Waals surface area contributed by atoms with E-state index in [0.717, 1.165) is 0 Å². The highest BCUT2D eigenvalue weighted by Gasteiger charge is 2.31. The van der Waals surface area contributed by atoms with Crippen LogP contribution in [0.5, 0.6) is 5.75 Å². The van der Waals surface area contributed by atoms with Gasteiger partial charge in [0.15, 0.2) is 0 Å². The number of carbonyl (C=O) groups excluding carboxylic acids is 1. The van der Waals surface area contributed by atoms with Crippen LogP contribution in [0.25, 0.3) is 6.08 Å². The molecule has 0 N–H and O–H groups in total. The van der Waals surface area contributed by atoms with Crippen LogP contribution in [0, 0.1) is 0 Å². The van der Waals surface area contributed by atoms with Gasteiger partial charge >= 0.3 is 6.36 Å². The molecule has 0 aliphatic heterocycles. The third-order valence-electron chi connectivity index (χ3n) is 1.56. The monoisotopic (exact) mass is 294 g/mol. The Labute approximate surface area is 97.8 Å². The number of allylic oxidation sites excluding steroid dienone is 1. The maximum absolute atomic E-state index is 11.9. The predicted octanol–water partition coefficient (Wildman–Crippen LogP) is 3.56. The molecular formula is C10H6BrF3O2. The first-order valence-electron chi connectivity index (χ1n) is 4.09. The van der Waals surface area contributed by atoms with Gasteiger partial charge in [-0.1, -0.05) is 28.1 Å². The summed E-state index contributed by atoms with van der Waals surface area (Å²) in [5.74, 6) is -0.317. The standard InChI is InChI=1S/C10H6BrF3O2/c11-9-6-8(16-10(12,13)14)4-3-7(9)2-1-5-15/h1-6H. The number of carbonyl (C=O) groups is 1. The Kier molecular flexibility index (Phi) is 4.12. The average Bonchev–Trinajstić information content (AvgIpc) is 2.14. The summed E-state index contributed by atoms with van der Waals surface area (Å²) in [6.45, 7) is 0. The lowest BCUT2D eigenvalue weighted by molar-refractivity contribution is -0.274. The third kappa shape index (κ3) is 4.06. The van der Waals surface area contributed by atoms with E-state index in [9.17, 15) is 18.0 Å². The van der Waals surface area contributed by atoms with Gasteiger partial charge in [-0.3, -0.25) is 4.79 Å². The Hall–Kier alpha value is -1.30. The summed E-state index contributed by atoms with van der Waals surface area (Å²) < 4.78 is 39.8. The highest BCUT2D eigenvalue weighted by atomic mass is 79.9. The van der Waals surface area contributed by atoms with E-state index >= 15 is 0 Å². The summed E-state index contributed by atoms with van der Waals surface area (Å²) >= 11 is 3.07. The number of aldehydes is 1. The zero-order valence-electron chi connectivity index (χ0n) is 7.79. The fraction of sp³-hybridized carbons (Fsp3) is 0.100. The molecule has 1 aromatic rings. The van der Waals surface area contributed by atoms with E-state index in [1.165, 1.54) is 30.4 Å². The van der Waals surface area contributed by atoms with Gasteiger partial charge in [-0.15, -0.1) is 13.2 Å². The van der Waals surface area contributed by atoms with Crippen LogP contribution in [0.2, 0.25) is 0 Å². The minimum atomic E-state index is -4.71. The van der Waals surface area contributed by atoms with Crippen molar-refractivity contribution in [3.8, 4) is 5.75 Å². The van der Waals surface area contributed by atoms with Crippen LogP contribution >= 0.6 is 15.9 Å². The van der Waals surface area contributed by atoms with Crippen LogP contribution in [0.4, 0.5) is 13.2 Å². The lowest BCUT2D eigenvalue weighted by atomic mass is 10.2. The first-order valence-corrected chi connectivity index (χ1v) is 4.89. The van der Waals surface area contributed by atoms with E-state index in [2.05, 4.69) is 20.7 Å². The molecule has 0 spiro atoms. The normalized spacial score (nSPS) is 11.8. The van der Waals surface area contributed by atoms with E-state index in [4.69, 9.17) is 0 Å². The number of hydrogen-bond donors (Lipinski definition) is 0. The van der Waals surface area contributed by atoms with Crippen molar-refractivity contribution in [2.45, 2.75) is 6.36 Å². The Morgan fingerprint density at radius 2 is 2.00 bits per heavy atom. The summed E-state index contributed by atoms with van der Waals surface area (Å²) in [5.41, 5.74) is 0.585. The predicted molar refractivity (Wildman–Crippen MR) is 55.9 cm³/mol. The number of halogens is 4. The molecule has 0 aliphatic carbocycles. The van der Waals surface area contributed by atoms with Crippen molar-refractivity contribution in [1.29, 1.82) is 0 Å². The van der Waals surface area contributed by atoms with E-state index in [1.54, 1.807) is 0 Å². The molecule has 6 heteroatoms. The number of hydrogen-bond acceptors (Lipinski definition) is 2. The van der Waals surface area contributed by atoms with Gasteiger partial charge in [0.1, 0.15) is 12.0 Å². The Morgan fingerprint density at radius 1 is 1.31 bits per heavy atom. The van der Waals surface area contributed by atoms with E-state index in [-0.39, 0.29) is 5.75 Å². The van der Waals surface area contributed by atoms with Gasteiger partial charge in [0.25, 0.3) is 0 Å². The minimum absolute atomic E-state index is 0.317. The van der Waals surface area contributed by atoms with Gasteiger partial charge in [-0.25, -0.2) is 0 Å². The molecule has 2 nitrogen and oxygen atoms in total. The summed E-state index contributed by atoms with van der Waals surface area (Å²) in [6.07, 6.45) is -1.43. The molecule has 0 amide bonds. The van der Waals surface area contributed by atoms with Crippen molar-refractivity contribution in [1.82, 2.24) is 0 Å². The molecule has 0 aromatic heterocycles. The Morgan fingerprint density at radius 3 is 2.50 bits per heavy atom. The second-order valence-corrected chi connectivity index (χ2v) is 3.58. The second kappa shape index (κ2) is 5.16. The molecule has 0 atom stereocenters. The van der Waals surface area contributed by atoms with Crippen molar-refractivity contribution < 1.29 is 22.7 Å². The second-order valence-electron chi connectivity index (χ2n) is 2.73. The van der Waals surface area contributed by atoms with Crippen molar-refractivity contribution >= 4 is 28.3 Å². The molecule has 16 heavy (non-hydrogen) atoms. The van der Waals surface area contributed by atoms with Crippen LogP contribution < -0.4 is 4.74 Å². The molecule has 86 valence electrons. The summed E-state index contributed by atoms with van der Waals surface area (Å²) in [7, 11) is 0. The molecular weight excluding hydrogens is 289 g/mol. The van der Waals surface area contributed by atoms with Crippen LogP contribution in [0.3, 0.4) is 0 Å². The topological polar surface area (TPSA) is 26.3 Å². The molecule has 0 saturated heterocycles. The Bertz CT molecular complexity index is 413. The maximum atomic E-state index is 11.9. The van der Waals surface area contributed by atoms with Gasteiger partial charge in [0.2, 0.25) is 0 Å². The fourth-order valence-corrected chi connectivity index (χ4v) is 1.47. The largest absolute Gasteiger partial charge is 0.573 e. The zero-order valence-corrected chi connectivity index (χ0v) is 9.38. The summed E-state index contributed by atoms with van der Waals surface area (Å²) in [6, 6.07) is 3.76. The van der Waals surface area contributed by atoms with Crippen molar-refractivity contribution in [3.63, 3.8) is 0 Å². The van der Waals surface area contributed by atoms with Crippen LogP contribution in [0.15, 0.2) is 28.7 Å². The first kappa shape index (κ1) is 12.8. The van der Waals surface area contributed by atoms with Crippen LogP contribution in [-0.2, 0) is 4.79 Å².